The van der Waals surface area contributed by atoms with E-state index in [2.05, 4.69) is 10.4 Å². The van der Waals surface area contributed by atoms with E-state index in [1.54, 1.807) is 20.4 Å². The van der Waals surface area contributed by atoms with Crippen molar-refractivity contribution < 1.29 is 14.3 Å². The smallest absolute Gasteiger partial charge is 0.224 e. The van der Waals surface area contributed by atoms with Crippen molar-refractivity contribution in [3.8, 4) is 28.4 Å². The van der Waals surface area contributed by atoms with Crippen LogP contribution in [0.25, 0.3) is 16.9 Å². The number of carbonyl (C=O) groups excluding carboxylic acids is 1. The molecule has 27 heavy (non-hydrogen) atoms. The largest absolute Gasteiger partial charge is 0.497 e. The Labute approximate surface area is 158 Å². The highest BCUT2D eigenvalue weighted by Crippen LogP contribution is 2.34. The van der Waals surface area contributed by atoms with Crippen molar-refractivity contribution in [3.63, 3.8) is 0 Å². The number of aromatic nitrogens is 2. The molecule has 1 N–H and O–H groups in total. The molecule has 0 fully saturated rings. The molecule has 0 radical (unpaired) electrons. The van der Waals surface area contributed by atoms with Gasteiger partial charge in [-0.2, -0.15) is 5.10 Å². The Morgan fingerprint density at radius 3 is 2.52 bits per heavy atom. The number of anilines is 1. The van der Waals surface area contributed by atoms with Gasteiger partial charge in [0.2, 0.25) is 5.91 Å². The summed E-state index contributed by atoms with van der Waals surface area (Å²) in [4.78, 5) is 11.7. The van der Waals surface area contributed by atoms with E-state index in [4.69, 9.17) is 9.47 Å². The van der Waals surface area contributed by atoms with E-state index >= 15 is 0 Å². The molecule has 0 saturated carbocycles. The van der Waals surface area contributed by atoms with Gasteiger partial charge in [-0.3, -0.25) is 4.79 Å². The number of nitrogens with one attached hydrogen (secondary N) is 1. The molecule has 1 aromatic heterocycles. The molecular weight excluding hydrogens is 342 g/mol. The van der Waals surface area contributed by atoms with E-state index in [1.807, 2.05) is 60.1 Å². The average Bonchev–Trinajstić information content (AvgIpc) is 3.17. The SMILES string of the molecule is CCCC(=O)Nc1ccc(-n2nccc2-c2ccc(OC)cc2OC)cc1. The number of methoxy groups -OCH3 is 2. The van der Waals surface area contributed by atoms with Crippen LogP contribution in [0.5, 0.6) is 11.5 Å². The zero-order valence-electron chi connectivity index (χ0n) is 15.7. The Bertz CT molecular complexity index is 917. The Hall–Kier alpha value is -3.28. The van der Waals surface area contributed by atoms with Gasteiger partial charge in [0, 0.05) is 23.7 Å². The quantitative estimate of drug-likeness (QED) is 0.678. The van der Waals surface area contributed by atoms with Crippen molar-refractivity contribution in [3.05, 3.63) is 54.7 Å². The van der Waals surface area contributed by atoms with Gasteiger partial charge >= 0.3 is 0 Å². The average molecular weight is 365 g/mol. The predicted octanol–water partition coefficient (Wildman–Crippen LogP) is 4.30. The summed E-state index contributed by atoms with van der Waals surface area (Å²) in [6, 6.07) is 15.2. The van der Waals surface area contributed by atoms with Gasteiger partial charge in [-0.05, 0) is 48.9 Å². The lowest BCUT2D eigenvalue weighted by molar-refractivity contribution is -0.116. The number of rotatable bonds is 7. The van der Waals surface area contributed by atoms with Gasteiger partial charge in [0.1, 0.15) is 11.5 Å². The van der Waals surface area contributed by atoms with Crippen LogP contribution >= 0.6 is 0 Å². The lowest BCUT2D eigenvalue weighted by atomic mass is 10.1. The summed E-state index contributed by atoms with van der Waals surface area (Å²) in [5.74, 6) is 1.46. The first kappa shape index (κ1) is 18.5. The van der Waals surface area contributed by atoms with Gasteiger partial charge < -0.3 is 14.8 Å². The van der Waals surface area contributed by atoms with Crippen molar-refractivity contribution in [2.24, 2.45) is 0 Å². The molecule has 1 amide bonds. The summed E-state index contributed by atoms with van der Waals surface area (Å²) in [7, 11) is 3.26. The van der Waals surface area contributed by atoms with Gasteiger partial charge in [0.05, 0.1) is 31.8 Å². The van der Waals surface area contributed by atoms with Crippen LogP contribution in [0.1, 0.15) is 19.8 Å². The summed E-state index contributed by atoms with van der Waals surface area (Å²) in [5.41, 5.74) is 3.47. The lowest BCUT2D eigenvalue weighted by Gasteiger charge is -2.13. The molecule has 0 saturated heterocycles. The number of benzene rings is 2. The molecule has 140 valence electrons. The molecule has 0 aliphatic heterocycles. The van der Waals surface area contributed by atoms with Crippen LogP contribution in [0.15, 0.2) is 54.7 Å². The first-order chi connectivity index (χ1) is 13.2. The molecule has 1 heterocycles. The van der Waals surface area contributed by atoms with Gasteiger partial charge in [-0.15, -0.1) is 0 Å². The number of hydrogen-bond acceptors (Lipinski definition) is 4. The second kappa shape index (κ2) is 8.40. The fourth-order valence-corrected chi connectivity index (χ4v) is 2.86. The van der Waals surface area contributed by atoms with E-state index in [9.17, 15) is 4.79 Å². The van der Waals surface area contributed by atoms with Gasteiger partial charge in [0.25, 0.3) is 0 Å². The van der Waals surface area contributed by atoms with E-state index in [0.29, 0.717) is 12.2 Å². The third-order valence-electron chi connectivity index (χ3n) is 4.20. The third kappa shape index (κ3) is 4.11. The highest BCUT2D eigenvalue weighted by molar-refractivity contribution is 5.90. The fourth-order valence-electron chi connectivity index (χ4n) is 2.86. The van der Waals surface area contributed by atoms with Crippen LogP contribution in [0.3, 0.4) is 0 Å². The second-order valence-corrected chi connectivity index (χ2v) is 6.04. The maximum absolute atomic E-state index is 11.7. The van der Waals surface area contributed by atoms with Crippen molar-refractivity contribution in [1.29, 1.82) is 0 Å². The zero-order chi connectivity index (χ0) is 19.2. The maximum atomic E-state index is 11.7. The van der Waals surface area contributed by atoms with Crippen LogP contribution in [0.4, 0.5) is 5.69 Å². The number of ether oxygens (including phenoxy) is 2. The minimum atomic E-state index is 0.0213. The predicted molar refractivity (Wildman–Crippen MR) is 106 cm³/mol. The molecule has 0 unspecified atom stereocenters. The van der Waals surface area contributed by atoms with Crippen LogP contribution in [0.2, 0.25) is 0 Å². The number of carbonyl (C=O) groups is 1. The summed E-state index contributed by atoms with van der Waals surface area (Å²) in [6.45, 7) is 1.98. The first-order valence-electron chi connectivity index (χ1n) is 8.83. The molecule has 0 bridgehead atoms. The Balaban J connectivity index is 1.90. The Morgan fingerprint density at radius 1 is 1.07 bits per heavy atom. The van der Waals surface area contributed by atoms with Crippen molar-refractivity contribution in [2.75, 3.05) is 19.5 Å². The normalized spacial score (nSPS) is 10.5. The number of hydrogen-bond donors (Lipinski definition) is 1. The molecule has 0 aliphatic carbocycles. The molecule has 3 rings (SSSR count). The maximum Gasteiger partial charge on any atom is 0.224 e. The molecular formula is C21H23N3O3. The highest BCUT2D eigenvalue weighted by atomic mass is 16.5. The van der Waals surface area contributed by atoms with Crippen molar-refractivity contribution in [1.82, 2.24) is 9.78 Å². The number of nitrogens with zero attached hydrogens (tertiary/aromatic N) is 2. The molecule has 6 nitrogen and oxygen atoms in total. The van der Waals surface area contributed by atoms with Gasteiger partial charge in [-0.1, -0.05) is 6.92 Å². The fraction of sp³-hybridized carbons (Fsp3) is 0.238. The monoisotopic (exact) mass is 365 g/mol. The molecule has 2 aromatic carbocycles. The molecule has 0 aliphatic rings. The van der Waals surface area contributed by atoms with Crippen LogP contribution in [0, 0.1) is 0 Å². The first-order valence-corrected chi connectivity index (χ1v) is 8.83. The Kier molecular flexibility index (Phi) is 5.76. The molecule has 6 heteroatoms. The molecule has 0 atom stereocenters. The van der Waals surface area contributed by atoms with E-state index in [1.165, 1.54) is 0 Å². The lowest BCUT2D eigenvalue weighted by Crippen LogP contribution is -2.10. The van der Waals surface area contributed by atoms with Gasteiger partial charge in [-0.25, -0.2) is 4.68 Å². The summed E-state index contributed by atoms with van der Waals surface area (Å²) < 4.78 is 12.6. The van der Waals surface area contributed by atoms with Crippen LogP contribution < -0.4 is 14.8 Å². The summed E-state index contributed by atoms with van der Waals surface area (Å²) >= 11 is 0. The number of amides is 1. The van der Waals surface area contributed by atoms with E-state index in [-0.39, 0.29) is 5.91 Å². The minimum Gasteiger partial charge on any atom is -0.497 e. The zero-order valence-corrected chi connectivity index (χ0v) is 15.7. The summed E-state index contributed by atoms with van der Waals surface area (Å²) in [6.07, 6.45) is 3.09. The topological polar surface area (TPSA) is 65.4 Å². The highest BCUT2D eigenvalue weighted by Gasteiger charge is 2.13. The van der Waals surface area contributed by atoms with Gasteiger partial charge in [0.15, 0.2) is 0 Å². The van der Waals surface area contributed by atoms with E-state index < -0.39 is 0 Å². The Morgan fingerprint density at radius 2 is 1.85 bits per heavy atom. The molecule has 3 aromatic rings. The second-order valence-electron chi connectivity index (χ2n) is 6.04. The standard InChI is InChI=1S/C21H23N3O3/c1-4-5-21(25)23-15-6-8-16(9-7-15)24-19(12-13-22-24)18-11-10-17(26-2)14-20(18)27-3/h6-14H,4-5H2,1-3H3,(H,23,25). The van der Waals surface area contributed by atoms with Crippen LogP contribution in [-0.4, -0.2) is 29.9 Å². The third-order valence-corrected chi connectivity index (χ3v) is 4.20. The summed E-state index contributed by atoms with van der Waals surface area (Å²) in [5, 5.41) is 7.33. The van der Waals surface area contributed by atoms with Crippen LogP contribution in [-0.2, 0) is 4.79 Å². The minimum absolute atomic E-state index is 0.0213. The van der Waals surface area contributed by atoms with Crippen molar-refractivity contribution in [2.45, 2.75) is 19.8 Å². The van der Waals surface area contributed by atoms with Crippen molar-refractivity contribution >= 4 is 11.6 Å². The molecule has 0 spiro atoms. The van der Waals surface area contributed by atoms with E-state index in [0.717, 1.165) is 34.8 Å².